The van der Waals surface area contributed by atoms with Gasteiger partial charge < -0.3 is 9.52 Å². The molecule has 4 aliphatic carbocycles. The number of nitrogens with zero attached hydrogens (tertiary/aromatic N) is 1. The van der Waals surface area contributed by atoms with Crippen molar-refractivity contribution >= 4 is 5.97 Å². The standard InChI is InChI=1S/C16H21NO3/c18-15(19)2-1-14-17-9-13(20-14)16-6-10-3-11(7-16)5-12(4-10)8-16/h9-12H,1-8H2,(H,18,19). The summed E-state index contributed by atoms with van der Waals surface area (Å²) in [5, 5.41) is 8.74. The third-order valence-corrected chi connectivity index (χ3v) is 5.67. The molecule has 4 fully saturated rings. The van der Waals surface area contributed by atoms with Crippen molar-refractivity contribution in [1.82, 2.24) is 4.98 Å². The van der Waals surface area contributed by atoms with E-state index in [9.17, 15) is 4.79 Å². The van der Waals surface area contributed by atoms with Crippen LogP contribution in [0.25, 0.3) is 0 Å². The molecule has 4 heteroatoms. The smallest absolute Gasteiger partial charge is 0.303 e. The fourth-order valence-electron chi connectivity index (χ4n) is 5.30. The molecular formula is C16H21NO3. The lowest BCUT2D eigenvalue weighted by atomic mass is 9.49. The van der Waals surface area contributed by atoms with Crippen molar-refractivity contribution in [2.45, 2.75) is 56.8 Å². The highest BCUT2D eigenvalue weighted by Crippen LogP contribution is 2.60. The minimum atomic E-state index is -0.792. The molecule has 0 amide bonds. The van der Waals surface area contributed by atoms with Crippen molar-refractivity contribution in [2.75, 3.05) is 0 Å². The molecule has 4 aliphatic rings. The van der Waals surface area contributed by atoms with E-state index < -0.39 is 5.97 Å². The molecule has 0 radical (unpaired) electrons. The number of rotatable bonds is 4. The third kappa shape index (κ3) is 1.97. The molecule has 0 atom stereocenters. The van der Waals surface area contributed by atoms with Crippen molar-refractivity contribution in [2.24, 2.45) is 17.8 Å². The molecule has 4 nitrogen and oxygen atoms in total. The monoisotopic (exact) mass is 275 g/mol. The Bertz CT molecular complexity index is 498. The first kappa shape index (κ1) is 12.4. The van der Waals surface area contributed by atoms with Crippen LogP contribution in [0.15, 0.2) is 10.6 Å². The zero-order valence-electron chi connectivity index (χ0n) is 11.7. The molecule has 0 aliphatic heterocycles. The average Bonchev–Trinajstić information content (AvgIpc) is 2.84. The maximum atomic E-state index is 10.6. The molecule has 1 heterocycles. The third-order valence-electron chi connectivity index (χ3n) is 5.67. The molecule has 20 heavy (non-hydrogen) atoms. The van der Waals surface area contributed by atoms with E-state index in [0.717, 1.165) is 23.5 Å². The lowest BCUT2D eigenvalue weighted by Gasteiger charge is -2.55. The number of aryl methyl sites for hydroxylation is 1. The molecular weight excluding hydrogens is 254 g/mol. The van der Waals surface area contributed by atoms with Crippen LogP contribution in [0.2, 0.25) is 0 Å². The van der Waals surface area contributed by atoms with Gasteiger partial charge in [0.2, 0.25) is 0 Å². The molecule has 0 aromatic carbocycles. The highest BCUT2D eigenvalue weighted by atomic mass is 16.4. The predicted molar refractivity (Wildman–Crippen MR) is 72.3 cm³/mol. The second-order valence-electron chi connectivity index (χ2n) is 7.21. The van der Waals surface area contributed by atoms with Gasteiger partial charge in [0.25, 0.3) is 0 Å². The van der Waals surface area contributed by atoms with Crippen LogP contribution in [-0.2, 0) is 16.6 Å². The molecule has 1 N–H and O–H groups in total. The zero-order valence-corrected chi connectivity index (χ0v) is 11.7. The van der Waals surface area contributed by atoms with E-state index in [1.807, 2.05) is 6.20 Å². The van der Waals surface area contributed by atoms with Gasteiger partial charge in [-0.25, -0.2) is 4.98 Å². The van der Waals surface area contributed by atoms with Crippen LogP contribution in [-0.4, -0.2) is 16.1 Å². The van der Waals surface area contributed by atoms with Gasteiger partial charge >= 0.3 is 5.97 Å². The fourth-order valence-corrected chi connectivity index (χ4v) is 5.30. The number of oxazole rings is 1. The van der Waals surface area contributed by atoms with Crippen LogP contribution in [0.4, 0.5) is 0 Å². The molecule has 5 rings (SSSR count). The maximum Gasteiger partial charge on any atom is 0.303 e. The number of carboxylic acids is 1. The lowest BCUT2D eigenvalue weighted by molar-refractivity contribution is -0.137. The molecule has 1 aromatic rings. The van der Waals surface area contributed by atoms with Crippen LogP contribution >= 0.6 is 0 Å². The van der Waals surface area contributed by atoms with E-state index in [1.54, 1.807) is 0 Å². The highest BCUT2D eigenvalue weighted by molar-refractivity contribution is 5.66. The summed E-state index contributed by atoms with van der Waals surface area (Å²) >= 11 is 0. The van der Waals surface area contributed by atoms with Crippen LogP contribution < -0.4 is 0 Å². The van der Waals surface area contributed by atoms with Crippen molar-refractivity contribution < 1.29 is 14.3 Å². The Balaban J connectivity index is 1.56. The number of carbonyl (C=O) groups is 1. The normalized spacial score (nSPS) is 38.3. The van der Waals surface area contributed by atoms with E-state index in [1.165, 1.54) is 38.5 Å². The summed E-state index contributed by atoms with van der Waals surface area (Å²) in [6, 6.07) is 0. The summed E-state index contributed by atoms with van der Waals surface area (Å²) in [5.74, 6) is 3.49. The SMILES string of the molecule is O=C(O)CCc1ncc(C23CC4CC(CC(C4)C2)C3)o1. The van der Waals surface area contributed by atoms with E-state index >= 15 is 0 Å². The number of aromatic nitrogens is 1. The molecule has 0 spiro atoms. The minimum absolute atomic E-state index is 0.0980. The van der Waals surface area contributed by atoms with Gasteiger partial charge in [0.15, 0.2) is 5.89 Å². The summed E-state index contributed by atoms with van der Waals surface area (Å²) in [5.41, 5.74) is 0.225. The summed E-state index contributed by atoms with van der Waals surface area (Å²) in [7, 11) is 0. The quantitative estimate of drug-likeness (QED) is 0.916. The van der Waals surface area contributed by atoms with Crippen molar-refractivity contribution in [1.29, 1.82) is 0 Å². The first-order valence-corrected chi connectivity index (χ1v) is 7.80. The largest absolute Gasteiger partial charge is 0.481 e. The first-order chi connectivity index (χ1) is 9.63. The number of hydrogen-bond donors (Lipinski definition) is 1. The first-order valence-electron chi connectivity index (χ1n) is 7.80. The highest BCUT2D eigenvalue weighted by Gasteiger charge is 2.53. The maximum absolute atomic E-state index is 10.6. The van der Waals surface area contributed by atoms with Gasteiger partial charge in [-0.1, -0.05) is 0 Å². The molecule has 108 valence electrons. The number of aliphatic carboxylic acids is 1. The van der Waals surface area contributed by atoms with E-state index in [4.69, 9.17) is 9.52 Å². The Hall–Kier alpha value is -1.32. The molecule has 0 unspecified atom stereocenters. The second kappa shape index (κ2) is 4.34. The van der Waals surface area contributed by atoms with Crippen LogP contribution in [0, 0.1) is 17.8 Å². The van der Waals surface area contributed by atoms with Gasteiger partial charge in [-0.05, 0) is 56.3 Å². The van der Waals surface area contributed by atoms with E-state index in [0.29, 0.717) is 12.3 Å². The van der Waals surface area contributed by atoms with Crippen LogP contribution in [0.3, 0.4) is 0 Å². The fraction of sp³-hybridized carbons (Fsp3) is 0.750. The van der Waals surface area contributed by atoms with Gasteiger partial charge in [-0.3, -0.25) is 4.79 Å². The van der Waals surface area contributed by atoms with Crippen LogP contribution in [0.1, 0.15) is 56.6 Å². The van der Waals surface area contributed by atoms with Gasteiger partial charge in [0, 0.05) is 11.8 Å². The molecule has 4 saturated carbocycles. The predicted octanol–water partition coefficient (Wildman–Crippen LogP) is 3.16. The van der Waals surface area contributed by atoms with Gasteiger partial charge in [-0.2, -0.15) is 0 Å². The lowest BCUT2D eigenvalue weighted by Crippen LogP contribution is -2.48. The average molecular weight is 275 g/mol. The Morgan fingerprint density at radius 2 is 1.85 bits per heavy atom. The number of hydrogen-bond acceptors (Lipinski definition) is 3. The summed E-state index contributed by atoms with van der Waals surface area (Å²) < 4.78 is 5.94. The van der Waals surface area contributed by atoms with Crippen molar-refractivity contribution in [3.05, 3.63) is 17.8 Å². The minimum Gasteiger partial charge on any atom is -0.481 e. The Morgan fingerprint density at radius 1 is 1.25 bits per heavy atom. The number of carboxylic acid groups (broad SMARTS) is 1. The zero-order chi connectivity index (χ0) is 13.7. The molecule has 1 aromatic heterocycles. The molecule has 0 saturated heterocycles. The van der Waals surface area contributed by atoms with Gasteiger partial charge in [0.1, 0.15) is 5.76 Å². The van der Waals surface area contributed by atoms with Crippen molar-refractivity contribution in [3.8, 4) is 0 Å². The summed E-state index contributed by atoms with van der Waals surface area (Å²) in [6.07, 6.45) is 10.4. The van der Waals surface area contributed by atoms with E-state index in [-0.39, 0.29) is 11.8 Å². The topological polar surface area (TPSA) is 63.3 Å². The Labute approximate surface area is 118 Å². The molecule has 4 bridgehead atoms. The van der Waals surface area contributed by atoms with Gasteiger partial charge in [-0.15, -0.1) is 0 Å². The van der Waals surface area contributed by atoms with E-state index in [2.05, 4.69) is 4.98 Å². The summed E-state index contributed by atoms with van der Waals surface area (Å²) in [4.78, 5) is 14.9. The van der Waals surface area contributed by atoms with Gasteiger partial charge in [0.05, 0.1) is 12.6 Å². The summed E-state index contributed by atoms with van der Waals surface area (Å²) in [6.45, 7) is 0. The van der Waals surface area contributed by atoms with Crippen LogP contribution in [0.5, 0.6) is 0 Å². The Kier molecular flexibility index (Phi) is 2.69. The second-order valence-corrected chi connectivity index (χ2v) is 7.21. The Morgan fingerprint density at radius 3 is 2.40 bits per heavy atom. The van der Waals surface area contributed by atoms with Crippen molar-refractivity contribution in [3.63, 3.8) is 0 Å².